The maximum Gasteiger partial charge on any atom is 0.160 e. The van der Waals surface area contributed by atoms with Crippen LogP contribution in [0.5, 0.6) is 0 Å². The van der Waals surface area contributed by atoms with Crippen LogP contribution in [0.1, 0.15) is 28.1 Å². The van der Waals surface area contributed by atoms with Crippen molar-refractivity contribution >= 4 is 5.65 Å². The Kier molecular flexibility index (Phi) is 2.96. The predicted molar refractivity (Wildman–Crippen MR) is 76.4 cm³/mol. The lowest BCUT2D eigenvalue weighted by Crippen LogP contribution is -1.98. The number of rotatable bonds is 2. The summed E-state index contributed by atoms with van der Waals surface area (Å²) in [5.41, 5.74) is 5.13. The fraction of sp³-hybridized carbons (Fsp3) is 0.188. The minimum Gasteiger partial charge on any atom is -0.285 e. The Morgan fingerprint density at radius 1 is 1.10 bits per heavy atom. The van der Waals surface area contributed by atoms with Gasteiger partial charge in [0.1, 0.15) is 11.9 Å². The molecular weight excluding hydrogens is 248 g/mol. The maximum atomic E-state index is 8.98. The molecule has 4 nitrogen and oxygen atoms in total. The molecule has 20 heavy (non-hydrogen) atoms. The van der Waals surface area contributed by atoms with E-state index in [9.17, 15) is 0 Å². The van der Waals surface area contributed by atoms with E-state index in [1.165, 1.54) is 16.7 Å². The Morgan fingerprint density at radius 2 is 1.95 bits per heavy atom. The van der Waals surface area contributed by atoms with Gasteiger partial charge in [-0.05, 0) is 42.7 Å². The van der Waals surface area contributed by atoms with E-state index in [-0.39, 0.29) is 0 Å². The van der Waals surface area contributed by atoms with Gasteiger partial charge in [-0.25, -0.2) is 0 Å². The lowest BCUT2D eigenvalue weighted by molar-refractivity contribution is 0.931. The lowest BCUT2D eigenvalue weighted by Gasteiger charge is -2.04. The van der Waals surface area contributed by atoms with Crippen LogP contribution >= 0.6 is 0 Å². The fourth-order valence-electron chi connectivity index (χ4n) is 2.22. The first-order valence-corrected chi connectivity index (χ1v) is 6.47. The Balaban J connectivity index is 2.02. The molecular formula is C16H14N4. The van der Waals surface area contributed by atoms with Crippen LogP contribution in [-0.4, -0.2) is 14.6 Å². The average molecular weight is 262 g/mol. The molecule has 0 unspecified atom stereocenters. The minimum atomic E-state index is 0.610. The number of pyridine rings is 1. The van der Waals surface area contributed by atoms with E-state index in [1.54, 1.807) is 12.3 Å². The third kappa shape index (κ3) is 2.14. The van der Waals surface area contributed by atoms with Crippen molar-refractivity contribution in [2.45, 2.75) is 20.3 Å². The number of benzene rings is 1. The standard InChI is InChI=1S/C16H14N4/c1-11-3-4-13(7-12(11)2)8-16-19-18-15-6-5-14(9-17)10-20(15)16/h3-7,10H,8H2,1-2H3. The van der Waals surface area contributed by atoms with Gasteiger partial charge in [0.05, 0.1) is 5.56 Å². The molecule has 0 saturated carbocycles. The van der Waals surface area contributed by atoms with Crippen LogP contribution < -0.4 is 0 Å². The number of aryl methyl sites for hydroxylation is 2. The summed E-state index contributed by atoms with van der Waals surface area (Å²) in [5, 5.41) is 17.3. The molecule has 0 bridgehead atoms. The summed E-state index contributed by atoms with van der Waals surface area (Å²) in [6.07, 6.45) is 2.49. The average Bonchev–Trinajstić information content (AvgIpc) is 2.85. The Hall–Kier alpha value is -2.67. The van der Waals surface area contributed by atoms with E-state index in [0.717, 1.165) is 11.5 Å². The number of nitriles is 1. The molecule has 0 atom stereocenters. The van der Waals surface area contributed by atoms with E-state index in [2.05, 4.69) is 48.3 Å². The molecule has 1 aromatic carbocycles. The van der Waals surface area contributed by atoms with E-state index in [4.69, 9.17) is 5.26 Å². The van der Waals surface area contributed by atoms with Crippen molar-refractivity contribution in [1.82, 2.24) is 14.6 Å². The molecule has 2 aromatic heterocycles. The van der Waals surface area contributed by atoms with Gasteiger partial charge in [-0.15, -0.1) is 10.2 Å². The van der Waals surface area contributed by atoms with E-state index < -0.39 is 0 Å². The van der Waals surface area contributed by atoms with Gasteiger partial charge in [0.25, 0.3) is 0 Å². The lowest BCUT2D eigenvalue weighted by atomic mass is 10.0. The first-order chi connectivity index (χ1) is 9.67. The molecule has 2 heterocycles. The molecule has 3 aromatic rings. The van der Waals surface area contributed by atoms with Crippen molar-refractivity contribution in [3.8, 4) is 6.07 Å². The van der Waals surface area contributed by atoms with Crippen LogP contribution in [-0.2, 0) is 6.42 Å². The van der Waals surface area contributed by atoms with Crippen molar-refractivity contribution in [3.05, 3.63) is 64.6 Å². The monoisotopic (exact) mass is 262 g/mol. The molecule has 0 aliphatic heterocycles. The number of aromatic nitrogens is 3. The largest absolute Gasteiger partial charge is 0.285 e. The Bertz CT molecular complexity index is 824. The van der Waals surface area contributed by atoms with Gasteiger partial charge in [-0.2, -0.15) is 5.26 Å². The summed E-state index contributed by atoms with van der Waals surface area (Å²) >= 11 is 0. The molecule has 0 aliphatic carbocycles. The first-order valence-electron chi connectivity index (χ1n) is 6.47. The number of fused-ring (bicyclic) bond motifs is 1. The molecule has 0 N–H and O–H groups in total. The molecule has 3 rings (SSSR count). The molecule has 0 aliphatic rings. The van der Waals surface area contributed by atoms with Crippen molar-refractivity contribution in [3.63, 3.8) is 0 Å². The topological polar surface area (TPSA) is 54.0 Å². The van der Waals surface area contributed by atoms with Crippen LogP contribution in [0.25, 0.3) is 5.65 Å². The number of hydrogen-bond acceptors (Lipinski definition) is 3. The summed E-state index contributed by atoms with van der Waals surface area (Å²) in [7, 11) is 0. The second-order valence-electron chi connectivity index (χ2n) is 4.97. The van der Waals surface area contributed by atoms with Crippen molar-refractivity contribution in [2.75, 3.05) is 0 Å². The van der Waals surface area contributed by atoms with Crippen molar-refractivity contribution in [1.29, 1.82) is 5.26 Å². The van der Waals surface area contributed by atoms with Gasteiger partial charge in [0, 0.05) is 12.6 Å². The third-order valence-corrected chi connectivity index (χ3v) is 3.54. The van der Waals surface area contributed by atoms with Gasteiger partial charge < -0.3 is 0 Å². The van der Waals surface area contributed by atoms with Gasteiger partial charge >= 0.3 is 0 Å². The first kappa shape index (κ1) is 12.4. The van der Waals surface area contributed by atoms with E-state index in [1.807, 2.05) is 10.5 Å². The summed E-state index contributed by atoms with van der Waals surface area (Å²) < 4.78 is 1.88. The molecule has 0 fully saturated rings. The SMILES string of the molecule is Cc1ccc(Cc2nnc3ccc(C#N)cn23)cc1C. The van der Waals surface area contributed by atoms with Crippen LogP contribution in [0.3, 0.4) is 0 Å². The molecule has 0 spiro atoms. The second-order valence-corrected chi connectivity index (χ2v) is 4.97. The molecule has 0 saturated heterocycles. The summed E-state index contributed by atoms with van der Waals surface area (Å²) in [4.78, 5) is 0. The van der Waals surface area contributed by atoms with E-state index in [0.29, 0.717) is 12.0 Å². The van der Waals surface area contributed by atoms with Gasteiger partial charge in [-0.3, -0.25) is 4.40 Å². The highest BCUT2D eigenvalue weighted by Gasteiger charge is 2.07. The number of hydrogen-bond donors (Lipinski definition) is 0. The zero-order valence-electron chi connectivity index (χ0n) is 11.5. The molecule has 98 valence electrons. The highest BCUT2D eigenvalue weighted by atomic mass is 15.2. The second kappa shape index (κ2) is 4.78. The van der Waals surface area contributed by atoms with Crippen LogP contribution in [0, 0.1) is 25.2 Å². The van der Waals surface area contributed by atoms with Crippen LogP contribution in [0.2, 0.25) is 0 Å². The summed E-state index contributed by atoms with van der Waals surface area (Å²) in [5.74, 6) is 0.848. The Labute approximate surface area is 117 Å². The summed E-state index contributed by atoms with van der Waals surface area (Å²) in [6, 6.07) is 12.1. The Morgan fingerprint density at radius 3 is 2.70 bits per heavy atom. The highest BCUT2D eigenvalue weighted by Crippen LogP contribution is 2.14. The van der Waals surface area contributed by atoms with Crippen LogP contribution in [0.15, 0.2) is 36.5 Å². The number of nitrogens with zero attached hydrogens (tertiary/aromatic N) is 4. The van der Waals surface area contributed by atoms with Gasteiger partial charge in [-0.1, -0.05) is 18.2 Å². The minimum absolute atomic E-state index is 0.610. The van der Waals surface area contributed by atoms with Crippen LogP contribution in [0.4, 0.5) is 0 Å². The summed E-state index contributed by atoms with van der Waals surface area (Å²) in [6.45, 7) is 4.21. The highest BCUT2D eigenvalue weighted by molar-refractivity contribution is 5.43. The quantitative estimate of drug-likeness (QED) is 0.713. The van der Waals surface area contributed by atoms with Gasteiger partial charge in [0.15, 0.2) is 5.65 Å². The van der Waals surface area contributed by atoms with Crippen molar-refractivity contribution in [2.24, 2.45) is 0 Å². The molecule has 0 radical (unpaired) electrons. The fourth-order valence-corrected chi connectivity index (χ4v) is 2.22. The predicted octanol–water partition coefficient (Wildman–Crippen LogP) is 2.81. The molecule has 0 amide bonds. The van der Waals surface area contributed by atoms with E-state index >= 15 is 0 Å². The molecule has 4 heteroatoms. The maximum absolute atomic E-state index is 8.98. The zero-order valence-corrected chi connectivity index (χ0v) is 11.5. The third-order valence-electron chi connectivity index (χ3n) is 3.54. The normalized spacial score (nSPS) is 10.7. The van der Waals surface area contributed by atoms with Gasteiger partial charge in [0.2, 0.25) is 0 Å². The zero-order chi connectivity index (χ0) is 14.1. The van der Waals surface area contributed by atoms with Crippen molar-refractivity contribution < 1.29 is 0 Å². The smallest absolute Gasteiger partial charge is 0.160 e.